The average Bonchev–Trinajstić information content (AvgIpc) is 3.39. The van der Waals surface area contributed by atoms with Crippen LogP contribution in [-0.4, -0.2) is 21.2 Å². The summed E-state index contributed by atoms with van der Waals surface area (Å²) in [4.78, 5) is 19.2. The highest BCUT2D eigenvalue weighted by Crippen LogP contribution is 2.32. The van der Waals surface area contributed by atoms with Crippen molar-refractivity contribution in [1.82, 2.24) is 15.2 Å². The highest BCUT2D eigenvalue weighted by molar-refractivity contribution is 9.11. The molecule has 0 aliphatic carbocycles. The van der Waals surface area contributed by atoms with E-state index in [0.29, 0.717) is 16.5 Å². The number of aromatic nitrogens is 3. The van der Waals surface area contributed by atoms with E-state index in [1.54, 1.807) is 18.3 Å². The van der Waals surface area contributed by atoms with Crippen LogP contribution in [0, 0.1) is 6.92 Å². The van der Waals surface area contributed by atoms with Crippen molar-refractivity contribution in [2.45, 2.75) is 13.5 Å². The van der Waals surface area contributed by atoms with Crippen molar-refractivity contribution in [3.8, 4) is 20.7 Å². The molecule has 0 amide bonds. The maximum atomic E-state index is 12.4. The third-order valence-corrected chi connectivity index (χ3v) is 7.08. The number of hydrogen-bond acceptors (Lipinski definition) is 9. The van der Waals surface area contributed by atoms with Gasteiger partial charge in [0.25, 0.3) is 11.8 Å². The number of halogens is 1. The molecule has 0 saturated carbocycles. The first-order chi connectivity index (χ1) is 12.6. The van der Waals surface area contributed by atoms with Gasteiger partial charge >= 0.3 is 5.97 Å². The Balaban J connectivity index is 1.44. The van der Waals surface area contributed by atoms with Crippen LogP contribution in [0.3, 0.4) is 0 Å². The van der Waals surface area contributed by atoms with Gasteiger partial charge in [-0.3, -0.25) is 0 Å². The lowest BCUT2D eigenvalue weighted by Crippen LogP contribution is -2.05. The van der Waals surface area contributed by atoms with Crippen LogP contribution < -0.4 is 0 Å². The predicted molar refractivity (Wildman–Crippen MR) is 105 cm³/mol. The number of aryl methyl sites for hydroxylation is 1. The van der Waals surface area contributed by atoms with E-state index in [-0.39, 0.29) is 12.5 Å². The third kappa shape index (κ3) is 3.63. The molecule has 6 nitrogen and oxygen atoms in total. The zero-order valence-corrected chi connectivity index (χ0v) is 17.3. The minimum Gasteiger partial charge on any atom is -0.451 e. The summed E-state index contributed by atoms with van der Waals surface area (Å²) >= 11 is 7.78. The average molecular weight is 468 g/mol. The minimum absolute atomic E-state index is 0.0793. The standard InChI is InChI=1S/C16H10BrN3O3S3/c1-8-13(26-15(18-8)10-3-2-6-24-10)16(21)22-7-12-19-20-14(23-12)9-4-5-11(17)25-9/h2-6H,7H2,1H3. The van der Waals surface area contributed by atoms with Crippen molar-refractivity contribution in [2.24, 2.45) is 0 Å². The number of hydrogen-bond donors (Lipinski definition) is 0. The highest BCUT2D eigenvalue weighted by Gasteiger charge is 2.19. The molecule has 4 aromatic rings. The summed E-state index contributed by atoms with van der Waals surface area (Å²) in [5, 5.41) is 10.7. The second kappa shape index (κ2) is 7.39. The van der Waals surface area contributed by atoms with Gasteiger partial charge in [-0.2, -0.15) is 0 Å². The van der Waals surface area contributed by atoms with E-state index < -0.39 is 5.97 Å². The first-order valence-electron chi connectivity index (χ1n) is 7.36. The number of thiazole rings is 1. The molecule has 4 aromatic heterocycles. The van der Waals surface area contributed by atoms with Crippen LogP contribution in [0.1, 0.15) is 21.3 Å². The second-order valence-electron chi connectivity index (χ2n) is 5.09. The number of rotatable bonds is 5. The SMILES string of the molecule is Cc1nc(-c2cccs2)sc1C(=O)OCc1nnc(-c2ccc(Br)s2)o1. The topological polar surface area (TPSA) is 78.1 Å². The van der Waals surface area contributed by atoms with Crippen molar-refractivity contribution in [3.63, 3.8) is 0 Å². The quantitative estimate of drug-likeness (QED) is 0.365. The van der Waals surface area contributed by atoms with Gasteiger partial charge in [-0.05, 0) is 46.4 Å². The summed E-state index contributed by atoms with van der Waals surface area (Å²) in [6, 6.07) is 7.71. The lowest BCUT2D eigenvalue weighted by Gasteiger charge is -1.99. The van der Waals surface area contributed by atoms with Gasteiger partial charge in [-0.15, -0.1) is 44.2 Å². The zero-order chi connectivity index (χ0) is 18.1. The molecule has 0 fully saturated rings. The summed E-state index contributed by atoms with van der Waals surface area (Å²) in [5.41, 5.74) is 0.651. The molecule has 0 spiro atoms. The van der Waals surface area contributed by atoms with Gasteiger partial charge in [0.15, 0.2) is 6.61 Å². The molecule has 4 heterocycles. The van der Waals surface area contributed by atoms with Gasteiger partial charge in [0.1, 0.15) is 9.88 Å². The Morgan fingerprint density at radius 2 is 2.12 bits per heavy atom. The number of nitrogens with zero attached hydrogens (tertiary/aromatic N) is 3. The Kier molecular flexibility index (Phi) is 4.98. The monoisotopic (exact) mass is 467 g/mol. The molecule has 26 heavy (non-hydrogen) atoms. The van der Waals surface area contributed by atoms with Gasteiger partial charge in [-0.1, -0.05) is 6.07 Å². The number of esters is 1. The fourth-order valence-corrected chi connectivity index (χ4v) is 5.19. The van der Waals surface area contributed by atoms with Crippen LogP contribution in [-0.2, 0) is 11.3 Å². The van der Waals surface area contributed by atoms with Crippen molar-refractivity contribution >= 4 is 55.9 Å². The van der Waals surface area contributed by atoms with Gasteiger partial charge < -0.3 is 9.15 Å². The smallest absolute Gasteiger partial charge is 0.350 e. The van der Waals surface area contributed by atoms with E-state index in [4.69, 9.17) is 9.15 Å². The lowest BCUT2D eigenvalue weighted by molar-refractivity contribution is 0.0443. The molecule has 0 N–H and O–H groups in total. The summed E-state index contributed by atoms with van der Waals surface area (Å²) in [5.74, 6) is 0.209. The van der Waals surface area contributed by atoms with E-state index in [9.17, 15) is 4.79 Å². The highest BCUT2D eigenvalue weighted by atomic mass is 79.9. The number of ether oxygens (including phenoxy) is 1. The van der Waals surface area contributed by atoms with Crippen molar-refractivity contribution in [3.05, 3.63) is 49.9 Å². The van der Waals surface area contributed by atoms with E-state index in [0.717, 1.165) is 18.5 Å². The number of carbonyl (C=O) groups excluding carboxylic acids is 1. The molecular weight excluding hydrogens is 458 g/mol. The maximum Gasteiger partial charge on any atom is 0.350 e. The zero-order valence-electron chi connectivity index (χ0n) is 13.3. The summed E-state index contributed by atoms with van der Waals surface area (Å²) in [6.07, 6.45) is 0. The first kappa shape index (κ1) is 17.5. The Hall–Kier alpha value is -1.88. The number of carbonyl (C=O) groups is 1. The Morgan fingerprint density at radius 3 is 2.85 bits per heavy atom. The van der Waals surface area contributed by atoms with Gasteiger partial charge in [0.05, 0.1) is 19.2 Å². The number of thiophene rings is 2. The van der Waals surface area contributed by atoms with Gasteiger partial charge in [0, 0.05) is 0 Å². The van der Waals surface area contributed by atoms with Gasteiger partial charge in [-0.25, -0.2) is 9.78 Å². The molecule has 10 heteroatoms. The van der Waals surface area contributed by atoms with E-state index in [1.165, 1.54) is 22.7 Å². The summed E-state index contributed by atoms with van der Waals surface area (Å²) in [7, 11) is 0. The molecule has 132 valence electrons. The minimum atomic E-state index is -0.443. The third-order valence-electron chi connectivity index (χ3n) is 3.29. The van der Waals surface area contributed by atoms with E-state index in [1.807, 2.05) is 29.6 Å². The Morgan fingerprint density at radius 1 is 1.23 bits per heavy atom. The molecule has 0 atom stereocenters. The van der Waals surface area contributed by atoms with Crippen LogP contribution in [0.25, 0.3) is 20.7 Å². The van der Waals surface area contributed by atoms with Crippen molar-refractivity contribution in [2.75, 3.05) is 0 Å². The molecule has 0 saturated heterocycles. The van der Waals surface area contributed by atoms with E-state index >= 15 is 0 Å². The largest absolute Gasteiger partial charge is 0.451 e. The maximum absolute atomic E-state index is 12.4. The molecular formula is C16H10BrN3O3S3. The molecule has 0 radical (unpaired) electrons. The summed E-state index contributed by atoms with van der Waals surface area (Å²) < 4.78 is 11.8. The fourth-order valence-electron chi connectivity index (χ4n) is 2.13. The Labute approximate surface area is 168 Å². The molecule has 0 bridgehead atoms. The summed E-state index contributed by atoms with van der Waals surface area (Å²) in [6.45, 7) is 1.72. The molecule has 0 aliphatic rings. The predicted octanol–water partition coefficient (Wildman–Crippen LogP) is 5.41. The van der Waals surface area contributed by atoms with Crippen LogP contribution in [0.2, 0.25) is 0 Å². The van der Waals surface area contributed by atoms with Crippen molar-refractivity contribution in [1.29, 1.82) is 0 Å². The molecule has 0 unspecified atom stereocenters. The van der Waals surface area contributed by atoms with Crippen LogP contribution in [0.15, 0.2) is 37.8 Å². The molecule has 0 aliphatic heterocycles. The second-order valence-corrected chi connectivity index (χ2v) is 9.50. The first-order valence-corrected chi connectivity index (χ1v) is 10.7. The molecule has 4 rings (SSSR count). The lowest BCUT2D eigenvalue weighted by atomic mass is 10.4. The fraction of sp³-hybridized carbons (Fsp3) is 0.125. The van der Waals surface area contributed by atoms with Crippen molar-refractivity contribution < 1.29 is 13.9 Å². The van der Waals surface area contributed by atoms with Crippen LogP contribution in [0.5, 0.6) is 0 Å². The van der Waals surface area contributed by atoms with Crippen LogP contribution in [0.4, 0.5) is 0 Å². The normalized spacial score (nSPS) is 11.0. The van der Waals surface area contributed by atoms with E-state index in [2.05, 4.69) is 31.1 Å². The van der Waals surface area contributed by atoms with Gasteiger partial charge in [0.2, 0.25) is 0 Å². The Bertz CT molecular complexity index is 1050. The molecule has 0 aromatic carbocycles. The van der Waals surface area contributed by atoms with Crippen LogP contribution >= 0.6 is 49.9 Å².